The van der Waals surface area contributed by atoms with E-state index in [9.17, 15) is 4.79 Å². The smallest absolute Gasteiger partial charge is 0 e. The van der Waals surface area contributed by atoms with Crippen molar-refractivity contribution in [1.29, 1.82) is 0 Å². The molecule has 1 nitrogen and oxygen atoms in total. The summed E-state index contributed by atoms with van der Waals surface area (Å²) in [6, 6.07) is 0. The van der Waals surface area contributed by atoms with Crippen molar-refractivity contribution in [2.24, 2.45) is 0 Å². The molecule has 0 N–H and O–H groups in total. The van der Waals surface area contributed by atoms with Crippen LogP contribution in [0.15, 0.2) is 0 Å². The van der Waals surface area contributed by atoms with E-state index in [4.69, 9.17) is 0 Å². The summed E-state index contributed by atoms with van der Waals surface area (Å²) in [5.41, 5.74) is 0. The fourth-order valence-corrected chi connectivity index (χ4v) is 0.462. The van der Waals surface area contributed by atoms with Crippen LogP contribution in [0, 0.1) is 12.8 Å². The van der Waals surface area contributed by atoms with Crippen LogP contribution in [0.25, 0.3) is 0 Å². The molecule has 0 amide bonds. The van der Waals surface area contributed by atoms with E-state index >= 15 is 0 Å². The second-order valence-corrected chi connectivity index (χ2v) is 2.03. The molecule has 0 aromatic heterocycles. The van der Waals surface area contributed by atoms with Gasteiger partial charge in [0.1, 0.15) is 0 Å². The van der Waals surface area contributed by atoms with Crippen LogP contribution in [0.2, 0.25) is 0 Å². The third-order valence-electron chi connectivity index (χ3n) is 1.10. The number of Topliss-reactive ketones (excluding diaryl/α,β-unsaturated/α-hetero) is 1. The minimum atomic E-state index is 0. The normalized spacial score (nSPS) is 7.90. The summed E-state index contributed by atoms with van der Waals surface area (Å²) in [6.45, 7) is 7.28. The van der Waals surface area contributed by atoms with Crippen LogP contribution in [0.1, 0.15) is 26.7 Å². The van der Waals surface area contributed by atoms with Gasteiger partial charge in [-0.05, 0) is 5.78 Å². The van der Waals surface area contributed by atoms with Crippen molar-refractivity contribution >= 4 is 5.78 Å². The first kappa shape index (κ1) is 16.1. The molecule has 0 rings (SSSR count). The molecule has 0 saturated heterocycles. The Morgan fingerprint density at radius 3 is 2.10 bits per heavy atom. The molecule has 0 fully saturated rings. The molecule has 0 aromatic carbocycles. The number of rotatable bonds is 3. The van der Waals surface area contributed by atoms with Crippen molar-refractivity contribution in [2.45, 2.75) is 26.7 Å². The molecule has 0 aromatic rings. The van der Waals surface area contributed by atoms with Gasteiger partial charge in [0.15, 0.2) is 0 Å². The van der Waals surface area contributed by atoms with Gasteiger partial charge in [-0.25, -0.2) is 0 Å². The van der Waals surface area contributed by atoms with Crippen molar-refractivity contribution in [3.63, 3.8) is 0 Å². The van der Waals surface area contributed by atoms with Crippen LogP contribution in [0.3, 0.4) is 0 Å². The van der Waals surface area contributed by atoms with Gasteiger partial charge in [0, 0.05) is 19.5 Å². The van der Waals surface area contributed by atoms with Crippen molar-refractivity contribution in [3.05, 3.63) is 12.8 Å². The summed E-state index contributed by atoms with van der Waals surface area (Å²) >= 11 is 0. The zero-order valence-corrected chi connectivity index (χ0v) is 14.6. The first-order valence-corrected chi connectivity index (χ1v) is 2.83. The van der Waals surface area contributed by atoms with E-state index in [1.54, 1.807) is 0 Å². The molecule has 0 spiro atoms. The molecular formula is C7H12ORfRh-2. The summed E-state index contributed by atoms with van der Waals surface area (Å²) in [7, 11) is 0. The van der Waals surface area contributed by atoms with Crippen molar-refractivity contribution < 1.29 is 24.3 Å². The SMILES string of the molecule is [CH2-]C(=O)C[C-](C)CC.[Rf].[Rh]. The molecule has 0 bridgehead atoms. The van der Waals surface area contributed by atoms with Crippen molar-refractivity contribution in [1.82, 2.24) is 0 Å². The third kappa shape index (κ3) is 10.2. The molecule has 0 saturated carbocycles. The summed E-state index contributed by atoms with van der Waals surface area (Å²) < 4.78 is 0. The van der Waals surface area contributed by atoms with Crippen LogP contribution < -0.4 is 0 Å². The summed E-state index contributed by atoms with van der Waals surface area (Å²) in [6.07, 6.45) is 1.54. The summed E-state index contributed by atoms with van der Waals surface area (Å²) in [5, 5.41) is 0. The molecular weight excluding hydrogens is 470 g/mol. The Kier molecular flexibility index (Phi) is 13.1. The van der Waals surface area contributed by atoms with Gasteiger partial charge in [-0.15, -0.1) is 6.42 Å². The zero-order chi connectivity index (χ0) is 6.57. The van der Waals surface area contributed by atoms with Gasteiger partial charge in [0.25, 0.3) is 0 Å². The van der Waals surface area contributed by atoms with Gasteiger partial charge in [0.05, 0.1) is 0 Å². The maximum absolute atomic E-state index is 10.3. The Morgan fingerprint density at radius 1 is 1.60 bits per heavy atom. The number of carbonyl (C=O) groups excluding carboxylic acids is 1. The van der Waals surface area contributed by atoms with Gasteiger partial charge in [-0.3, -0.25) is 0 Å². The van der Waals surface area contributed by atoms with Gasteiger partial charge < -0.3 is 17.6 Å². The number of hydrogen-bond donors (Lipinski definition) is 0. The van der Waals surface area contributed by atoms with Gasteiger partial charge in [-0.2, -0.15) is 13.3 Å². The fourth-order valence-electron chi connectivity index (χ4n) is 0.462. The van der Waals surface area contributed by atoms with E-state index in [0.717, 1.165) is 6.42 Å². The molecule has 0 unspecified atom stereocenters. The standard InChI is InChI=1S/C7H12O.Rf.Rh/c1-4-6(2)5-7(3)8;;/h3-5H2,1-2H3;;/q-2;;. The Labute approximate surface area is 70.0 Å². The van der Waals surface area contributed by atoms with Crippen LogP contribution in [-0.4, -0.2) is 5.78 Å². The topological polar surface area (TPSA) is 17.1 Å². The monoisotopic (exact) mass is 482 g/mol. The van der Waals surface area contributed by atoms with Crippen LogP contribution in [0.4, 0.5) is 0 Å². The van der Waals surface area contributed by atoms with Gasteiger partial charge in [0.2, 0.25) is 0 Å². The van der Waals surface area contributed by atoms with E-state index in [0.29, 0.717) is 6.42 Å². The predicted molar refractivity (Wildman–Crippen MR) is 34.2 cm³/mol. The molecule has 3 heteroatoms. The van der Waals surface area contributed by atoms with Gasteiger partial charge >= 0.3 is 0 Å². The van der Waals surface area contributed by atoms with Gasteiger partial charge in [-0.1, -0.05) is 6.92 Å². The average molecular weight is 482 g/mol. The molecule has 1 radical (unpaired) electrons. The van der Waals surface area contributed by atoms with E-state index in [1.807, 2.05) is 13.8 Å². The molecule has 0 aliphatic rings. The molecule has 0 aliphatic heterocycles. The minimum absolute atomic E-state index is 0. The zero-order valence-electron chi connectivity index (χ0n) is 6.57. The quantitative estimate of drug-likeness (QED) is 0.443. The Bertz CT molecular complexity index is 85.7. The molecule has 59 valence electrons. The number of hydrogen-bond acceptors (Lipinski definition) is 1. The molecule has 0 heterocycles. The Morgan fingerprint density at radius 2 is 2.00 bits per heavy atom. The first-order valence-electron chi connectivity index (χ1n) is 2.83. The Balaban J connectivity index is -0.000000245. The second-order valence-electron chi connectivity index (χ2n) is 2.03. The maximum atomic E-state index is 10.3. The van der Waals surface area contributed by atoms with Crippen LogP contribution in [-0.2, 0) is 24.3 Å². The van der Waals surface area contributed by atoms with E-state index in [-0.39, 0.29) is 25.3 Å². The van der Waals surface area contributed by atoms with E-state index in [2.05, 4.69) is 6.92 Å². The van der Waals surface area contributed by atoms with E-state index < -0.39 is 0 Å². The average Bonchev–Trinajstić information content (AvgIpc) is 1.65. The molecule has 0 atom stereocenters. The molecule has 0 aliphatic carbocycles. The predicted octanol–water partition coefficient (Wildman–Crippen LogP) is 1.78. The minimum Gasteiger partial charge on any atom is -0.342 e. The molecule has 10 heavy (non-hydrogen) atoms. The first-order chi connectivity index (χ1) is 3.66. The third-order valence-corrected chi connectivity index (χ3v) is 1.10. The number of carbonyl (C=O) groups is 1. The van der Waals surface area contributed by atoms with Crippen molar-refractivity contribution in [3.8, 4) is 0 Å². The Hall–Kier alpha value is -0.837. The van der Waals surface area contributed by atoms with E-state index in [1.165, 1.54) is 5.92 Å². The largest absolute Gasteiger partial charge is 0.342 e. The number of ketones is 1. The maximum Gasteiger partial charge on any atom is 0 e. The summed E-state index contributed by atoms with van der Waals surface area (Å²) in [4.78, 5) is 10.3. The van der Waals surface area contributed by atoms with Crippen LogP contribution in [0.5, 0.6) is 0 Å². The fraction of sp³-hybridized carbons (Fsp3) is 0.571. The second kappa shape index (κ2) is 8.16. The van der Waals surface area contributed by atoms with Crippen LogP contribution >= 0.6 is 0 Å². The summed E-state index contributed by atoms with van der Waals surface area (Å²) in [5.74, 6) is 1.23. The van der Waals surface area contributed by atoms with Crippen molar-refractivity contribution in [2.75, 3.05) is 0 Å².